The maximum Gasteiger partial charge on any atom is 0.280 e. The molecule has 0 aromatic rings. The van der Waals surface area contributed by atoms with Gasteiger partial charge in [0.15, 0.2) is 0 Å². The highest BCUT2D eigenvalue weighted by Gasteiger charge is 2.05. The van der Waals surface area contributed by atoms with Crippen LogP contribution in [0.1, 0.15) is 0 Å². The predicted octanol–water partition coefficient (Wildman–Crippen LogP) is 2.02. The average molecular weight is 131 g/mol. The van der Waals surface area contributed by atoms with Crippen LogP contribution in [-0.4, -0.2) is 13.1 Å². The van der Waals surface area contributed by atoms with Gasteiger partial charge in [-0.2, -0.15) is 0 Å². The normalized spacial score (nSPS) is 11.7. The van der Waals surface area contributed by atoms with E-state index in [9.17, 15) is 8.78 Å². The van der Waals surface area contributed by atoms with Crippen LogP contribution >= 0.6 is 0 Å². The molecule has 1 nitrogen and oxygen atoms in total. The Hall–Kier alpha value is -0.990. The molecule has 0 saturated carbocycles. The van der Waals surface area contributed by atoms with Crippen molar-refractivity contribution in [3.8, 4) is 0 Å². The molecule has 0 N–H and O–H groups in total. The Kier molecular flexibility index (Phi) is 3.51. The predicted molar refractivity (Wildman–Crippen MR) is 33.8 cm³/mol. The van der Waals surface area contributed by atoms with Gasteiger partial charge in [-0.25, -0.2) is 8.78 Å². The third-order valence-corrected chi connectivity index (χ3v) is 0.695. The molecule has 9 heavy (non-hydrogen) atoms. The van der Waals surface area contributed by atoms with Crippen LogP contribution in [0.3, 0.4) is 0 Å². The Labute approximate surface area is 52.4 Å². The smallest absolute Gasteiger partial charge is 0.263 e. The van der Waals surface area contributed by atoms with E-state index in [1.807, 2.05) is 0 Å². The van der Waals surface area contributed by atoms with Crippen molar-refractivity contribution in [1.29, 1.82) is 0 Å². The minimum Gasteiger partial charge on any atom is -0.263 e. The Morgan fingerprint density at radius 3 is 2.22 bits per heavy atom. The highest BCUT2D eigenvalue weighted by Crippen LogP contribution is 2.08. The average Bonchev–Trinajstić information content (AvgIpc) is 1.82. The minimum atomic E-state index is -2.56. The topological polar surface area (TPSA) is 12.4 Å². The van der Waals surface area contributed by atoms with E-state index in [0.717, 1.165) is 6.08 Å². The zero-order valence-electron chi connectivity index (χ0n) is 4.85. The molecular formula is C6H7F2N. The molecule has 0 spiro atoms. The van der Waals surface area contributed by atoms with Gasteiger partial charge in [0.05, 0.1) is 0 Å². The summed E-state index contributed by atoms with van der Waals surface area (Å²) in [4.78, 5) is 3.07. The number of allylic oxidation sites excluding steroid dienone is 3. The first-order valence-corrected chi connectivity index (χ1v) is 2.30. The van der Waals surface area contributed by atoms with E-state index in [4.69, 9.17) is 0 Å². The zero-order valence-corrected chi connectivity index (χ0v) is 4.85. The van der Waals surface area contributed by atoms with Gasteiger partial charge in [-0.05, 0) is 12.8 Å². The number of rotatable bonds is 3. The van der Waals surface area contributed by atoms with Crippen molar-refractivity contribution in [3.05, 3.63) is 24.4 Å². The lowest BCUT2D eigenvalue weighted by atomic mass is 10.4. The van der Waals surface area contributed by atoms with Gasteiger partial charge in [0.1, 0.15) is 5.70 Å². The van der Waals surface area contributed by atoms with E-state index >= 15 is 0 Å². The molecule has 0 amide bonds. The van der Waals surface area contributed by atoms with Crippen LogP contribution in [0.25, 0.3) is 0 Å². The summed E-state index contributed by atoms with van der Waals surface area (Å²) in [6, 6.07) is 0. The highest BCUT2D eigenvalue weighted by molar-refractivity contribution is 5.30. The monoisotopic (exact) mass is 131 g/mol. The molecule has 3 heteroatoms. The second-order valence-corrected chi connectivity index (χ2v) is 1.29. The molecule has 0 aromatic carbocycles. The number of halogens is 2. The third-order valence-electron chi connectivity index (χ3n) is 0.695. The molecule has 0 saturated heterocycles. The Bertz CT molecular complexity index is 138. The molecule has 0 aliphatic carbocycles. The van der Waals surface area contributed by atoms with E-state index in [0.29, 0.717) is 0 Å². The molecule has 0 atom stereocenters. The zero-order chi connectivity index (χ0) is 7.28. The summed E-state index contributed by atoms with van der Waals surface area (Å²) in [7, 11) is 0. The molecule has 0 aliphatic rings. The van der Waals surface area contributed by atoms with Crippen LogP contribution < -0.4 is 0 Å². The summed E-state index contributed by atoms with van der Waals surface area (Å²) < 4.78 is 23.3. The van der Waals surface area contributed by atoms with Crippen LogP contribution in [0.4, 0.5) is 8.78 Å². The van der Waals surface area contributed by atoms with Crippen LogP contribution in [0.5, 0.6) is 0 Å². The van der Waals surface area contributed by atoms with Gasteiger partial charge >= 0.3 is 0 Å². The third kappa shape index (κ3) is 2.74. The van der Waals surface area contributed by atoms with E-state index in [1.54, 1.807) is 0 Å². The second kappa shape index (κ2) is 3.95. The quantitative estimate of drug-likeness (QED) is 0.410. The highest BCUT2D eigenvalue weighted by atomic mass is 19.3. The summed E-state index contributed by atoms with van der Waals surface area (Å²) >= 11 is 0. The van der Waals surface area contributed by atoms with Gasteiger partial charge in [-0.15, -0.1) is 0 Å². The van der Waals surface area contributed by atoms with Crippen LogP contribution in [-0.2, 0) is 0 Å². The van der Waals surface area contributed by atoms with Crippen LogP contribution in [0.15, 0.2) is 29.4 Å². The maximum absolute atomic E-state index is 11.6. The summed E-state index contributed by atoms with van der Waals surface area (Å²) in [5.74, 6) is 0. The first kappa shape index (κ1) is 8.01. The molecule has 0 aromatic heterocycles. The Balaban J connectivity index is 4.13. The molecule has 50 valence electrons. The lowest BCUT2D eigenvalue weighted by molar-refractivity contribution is 0.188. The molecule has 0 heterocycles. The molecule has 0 rings (SSSR count). The van der Waals surface area contributed by atoms with E-state index in [2.05, 4.69) is 18.3 Å². The number of aliphatic imine (C=N–C) groups is 1. The minimum absolute atomic E-state index is 0.343. The lowest BCUT2D eigenvalue weighted by Crippen LogP contribution is -1.91. The Morgan fingerprint density at radius 1 is 1.56 bits per heavy atom. The summed E-state index contributed by atoms with van der Waals surface area (Å²) in [6.07, 6.45) is -0.186. The van der Waals surface area contributed by atoms with Gasteiger partial charge in [0, 0.05) is 0 Å². The lowest BCUT2D eigenvalue weighted by Gasteiger charge is -1.94. The molecule has 0 bridgehead atoms. The van der Waals surface area contributed by atoms with Crippen molar-refractivity contribution in [3.63, 3.8) is 0 Å². The summed E-state index contributed by atoms with van der Waals surface area (Å²) in [6.45, 7) is 6.19. The molecule has 0 unspecified atom stereocenters. The van der Waals surface area contributed by atoms with Gasteiger partial charge < -0.3 is 0 Å². The second-order valence-electron chi connectivity index (χ2n) is 1.29. The van der Waals surface area contributed by atoms with Crippen LogP contribution in [0, 0.1) is 0 Å². The number of nitrogens with zero attached hydrogens (tertiary/aromatic N) is 1. The fraction of sp³-hybridized carbons (Fsp3) is 0.167. The van der Waals surface area contributed by atoms with E-state index in [-0.39, 0.29) is 5.70 Å². The number of hydrogen-bond donors (Lipinski definition) is 0. The van der Waals surface area contributed by atoms with Crippen molar-refractivity contribution in [2.75, 3.05) is 0 Å². The maximum atomic E-state index is 11.6. The van der Waals surface area contributed by atoms with Gasteiger partial charge in [0.25, 0.3) is 6.43 Å². The Morgan fingerprint density at radius 2 is 2.11 bits per heavy atom. The van der Waals surface area contributed by atoms with Gasteiger partial charge in [0.2, 0.25) is 0 Å². The molecular weight excluding hydrogens is 124 g/mol. The molecule has 0 radical (unpaired) electrons. The molecule has 0 aliphatic heterocycles. The van der Waals surface area contributed by atoms with E-state index in [1.165, 1.54) is 6.08 Å². The van der Waals surface area contributed by atoms with Crippen molar-refractivity contribution in [2.24, 2.45) is 4.99 Å². The fourth-order valence-corrected chi connectivity index (χ4v) is 0.315. The van der Waals surface area contributed by atoms with E-state index < -0.39 is 6.43 Å². The molecule has 0 fully saturated rings. The first-order valence-electron chi connectivity index (χ1n) is 2.30. The summed E-state index contributed by atoms with van der Waals surface area (Å²) in [5, 5.41) is 0. The first-order chi connectivity index (χ1) is 4.22. The number of hydrogen-bond acceptors (Lipinski definition) is 1. The summed E-state index contributed by atoms with van der Waals surface area (Å²) in [5.41, 5.74) is -0.343. The largest absolute Gasteiger partial charge is 0.280 e. The van der Waals surface area contributed by atoms with Crippen molar-refractivity contribution >= 4 is 6.72 Å². The van der Waals surface area contributed by atoms with Gasteiger partial charge in [-0.3, -0.25) is 4.99 Å². The van der Waals surface area contributed by atoms with Crippen molar-refractivity contribution in [2.45, 2.75) is 6.43 Å². The SMILES string of the molecule is C=C/C=C(\N=C)C(F)F. The number of alkyl halides is 2. The standard InChI is InChI=1S/C6H7F2N/c1-3-4-5(9-2)6(7)8/h3-4,6H,1-2H2/b5-4-. The van der Waals surface area contributed by atoms with Crippen molar-refractivity contribution in [1.82, 2.24) is 0 Å². The fourth-order valence-electron chi connectivity index (χ4n) is 0.315. The van der Waals surface area contributed by atoms with Crippen molar-refractivity contribution < 1.29 is 8.78 Å². The van der Waals surface area contributed by atoms with Crippen LogP contribution in [0.2, 0.25) is 0 Å². The van der Waals surface area contributed by atoms with Gasteiger partial charge in [-0.1, -0.05) is 12.7 Å².